The zero-order chi connectivity index (χ0) is 51.4. The van der Waals surface area contributed by atoms with E-state index in [-0.39, 0.29) is 0 Å². The topological polar surface area (TPSA) is 134 Å². The zero-order valence-corrected chi connectivity index (χ0v) is 40.6. The maximum Gasteiger partial charge on any atom is 0.181 e. The van der Waals surface area contributed by atoms with Crippen LogP contribution in [0.3, 0.4) is 0 Å². The molecule has 0 unspecified atom stereocenters. The molecule has 2 aliphatic heterocycles. The van der Waals surface area contributed by atoms with Gasteiger partial charge in [0.1, 0.15) is 0 Å². The molecule has 13 rings (SSSR count). The van der Waals surface area contributed by atoms with Gasteiger partial charge in [0.25, 0.3) is 0 Å². The maximum atomic E-state index is 10.7. The van der Waals surface area contributed by atoms with Crippen molar-refractivity contribution in [3.8, 4) is 24.3 Å². The summed E-state index contributed by atoms with van der Waals surface area (Å²) in [6, 6.07) is 89.5. The number of hydrogen-bond acceptors (Lipinski definition) is 10. The van der Waals surface area contributed by atoms with E-state index < -0.39 is 11.3 Å². The van der Waals surface area contributed by atoms with Gasteiger partial charge in [0.05, 0.1) is 46.5 Å². The molecule has 3 heterocycles. The molecule has 0 bridgehead atoms. The Labute approximate surface area is 438 Å². The minimum atomic E-state index is -1.37. The summed E-state index contributed by atoms with van der Waals surface area (Å²) in [5, 5.41) is 46.5. The molecule has 0 spiro atoms. The van der Waals surface area contributed by atoms with Crippen molar-refractivity contribution in [2.75, 3.05) is 19.6 Å². The summed E-state index contributed by atoms with van der Waals surface area (Å²) in [5.41, 5.74) is 5.11. The van der Waals surface area contributed by atoms with Crippen LogP contribution in [0.5, 0.6) is 0 Å². The fourth-order valence-electron chi connectivity index (χ4n) is 11.6. The van der Waals surface area contributed by atoms with Crippen LogP contribution in [0.4, 0.5) is 46.0 Å². The van der Waals surface area contributed by atoms with Crippen LogP contribution in [0.2, 0.25) is 0 Å². The highest BCUT2D eigenvalue weighted by Crippen LogP contribution is 2.65. The highest BCUT2D eigenvalue weighted by molar-refractivity contribution is 6.01. The van der Waals surface area contributed by atoms with Crippen molar-refractivity contribution in [2.24, 2.45) is 0 Å². The minimum Gasteiger partial charge on any atom is -0.291 e. The fourth-order valence-corrected chi connectivity index (χ4v) is 11.6. The van der Waals surface area contributed by atoms with E-state index in [0.717, 1.165) is 43.8 Å². The number of rotatable bonds is 8. The van der Waals surface area contributed by atoms with Crippen LogP contribution in [0.25, 0.3) is 21.5 Å². The van der Waals surface area contributed by atoms with Crippen LogP contribution >= 0.6 is 0 Å². The van der Waals surface area contributed by atoms with Gasteiger partial charge in [-0.05, 0) is 94.3 Å². The Morgan fingerprint density at radius 1 is 0.289 bits per heavy atom. The summed E-state index contributed by atoms with van der Waals surface area (Å²) >= 11 is 0. The normalized spacial score (nSPS) is 13.8. The largest absolute Gasteiger partial charge is 0.291 e. The van der Waals surface area contributed by atoms with Gasteiger partial charge in [0, 0.05) is 45.0 Å². The van der Waals surface area contributed by atoms with Gasteiger partial charge < -0.3 is 0 Å². The molecule has 1 aromatic heterocycles. The lowest BCUT2D eigenvalue weighted by Crippen LogP contribution is -2.53. The van der Waals surface area contributed by atoms with E-state index in [1.807, 2.05) is 133 Å². The Bertz CT molecular complexity index is 3860. The third-order valence-corrected chi connectivity index (χ3v) is 14.6. The van der Waals surface area contributed by atoms with E-state index in [1.165, 1.54) is 0 Å². The van der Waals surface area contributed by atoms with Crippen LogP contribution in [0, 0.1) is 45.3 Å². The third-order valence-electron chi connectivity index (χ3n) is 14.6. The summed E-state index contributed by atoms with van der Waals surface area (Å²) < 4.78 is 0. The predicted octanol–water partition coefficient (Wildman–Crippen LogP) is 14.7. The minimum absolute atomic E-state index is 0.440. The average molecular weight is 973 g/mol. The number of fused-ring (bicyclic) bond motifs is 4. The van der Waals surface area contributed by atoms with Crippen molar-refractivity contribution in [3.05, 3.63) is 287 Å². The van der Waals surface area contributed by atoms with E-state index in [9.17, 15) is 21.0 Å². The zero-order valence-electron chi connectivity index (χ0n) is 40.6. The van der Waals surface area contributed by atoms with Gasteiger partial charge in [-0.3, -0.25) is 19.6 Å². The molecule has 0 atom stereocenters. The van der Waals surface area contributed by atoms with Crippen LogP contribution < -0.4 is 19.6 Å². The lowest BCUT2D eigenvalue weighted by atomic mass is 9.84. The quantitative estimate of drug-likeness (QED) is 0.145. The van der Waals surface area contributed by atoms with Crippen LogP contribution in [-0.2, 0) is 11.3 Å². The fraction of sp³-hybridized carbons (Fsp3) is 0.0303. The number of benzene rings is 10. The third kappa shape index (κ3) is 6.63. The molecule has 10 nitrogen and oxygen atoms in total. The lowest BCUT2D eigenvalue weighted by Gasteiger charge is -2.47. The van der Waals surface area contributed by atoms with Crippen molar-refractivity contribution in [3.63, 3.8) is 0 Å². The molecular formula is C66H40N10. The lowest BCUT2D eigenvalue weighted by molar-refractivity contribution is 0.552. The molecule has 76 heavy (non-hydrogen) atoms. The number of nitrogens with zero attached hydrogens (tertiary/aromatic N) is 10. The Morgan fingerprint density at radius 2 is 0.566 bits per heavy atom. The van der Waals surface area contributed by atoms with Gasteiger partial charge in [0.2, 0.25) is 0 Å². The van der Waals surface area contributed by atoms with Gasteiger partial charge in [-0.15, -0.1) is 0 Å². The van der Waals surface area contributed by atoms with Crippen molar-refractivity contribution < 1.29 is 0 Å². The Hall–Kier alpha value is -11.0. The molecule has 2 aliphatic rings. The smallest absolute Gasteiger partial charge is 0.181 e. The van der Waals surface area contributed by atoms with Crippen molar-refractivity contribution >= 4 is 67.6 Å². The first-order valence-corrected chi connectivity index (χ1v) is 24.7. The molecule has 0 fully saturated rings. The molecule has 354 valence electrons. The first-order chi connectivity index (χ1) is 37.5. The second-order valence-electron chi connectivity index (χ2n) is 18.6. The Morgan fingerprint density at radius 3 is 0.882 bits per heavy atom. The summed E-state index contributed by atoms with van der Waals surface area (Å²) in [4.78, 5) is 20.9. The maximum absolute atomic E-state index is 10.7. The summed E-state index contributed by atoms with van der Waals surface area (Å²) in [7, 11) is 0. The molecule has 0 saturated carbocycles. The second kappa shape index (κ2) is 17.9. The molecule has 0 amide bonds. The highest BCUT2D eigenvalue weighted by atomic mass is 15.6. The Kier molecular flexibility index (Phi) is 10.6. The molecule has 0 N–H and O–H groups in total. The van der Waals surface area contributed by atoms with Crippen LogP contribution in [0.1, 0.15) is 44.5 Å². The molecule has 0 saturated heterocycles. The summed E-state index contributed by atoms with van der Waals surface area (Å²) in [6.45, 7) is 0. The van der Waals surface area contributed by atoms with E-state index in [1.54, 1.807) is 24.3 Å². The van der Waals surface area contributed by atoms with Gasteiger partial charge in [-0.2, -0.15) is 21.0 Å². The van der Waals surface area contributed by atoms with E-state index >= 15 is 0 Å². The standard InChI is InChI=1S/C66H40N10/c67-41-45-17-11-29-53(37-45)73-61-62(74(54-30-12-18-46(38-54)42-68)65(73,51-25-3-1-4-26-51)59-35-15-23-49-21-7-9-33-57(49)59)72-64-63(71-61)75(55-31-13-19-47(39-55)43-69)66(52-27-5-2-6-28-52,76(64)56-32-14-20-48(40-56)44-70)60-36-16-24-50-22-8-10-34-58(50)60/h1-40H. The second-order valence-corrected chi connectivity index (χ2v) is 18.6. The van der Waals surface area contributed by atoms with Crippen LogP contribution in [-0.4, -0.2) is 9.97 Å². The molecule has 0 aliphatic carbocycles. The number of anilines is 8. The summed E-state index contributed by atoms with van der Waals surface area (Å²) in [5.74, 6) is 1.78. The predicted molar refractivity (Wildman–Crippen MR) is 298 cm³/mol. The summed E-state index contributed by atoms with van der Waals surface area (Å²) in [6.07, 6.45) is 0. The molecular weight excluding hydrogens is 933 g/mol. The monoisotopic (exact) mass is 972 g/mol. The number of hydrogen-bond donors (Lipinski definition) is 0. The highest BCUT2D eigenvalue weighted by Gasteiger charge is 2.61. The molecule has 10 aromatic carbocycles. The first-order valence-electron chi connectivity index (χ1n) is 24.7. The van der Waals surface area contributed by atoms with Crippen molar-refractivity contribution in [1.82, 2.24) is 9.97 Å². The molecule has 0 radical (unpaired) electrons. The van der Waals surface area contributed by atoms with Crippen molar-refractivity contribution in [1.29, 1.82) is 21.0 Å². The Balaban J connectivity index is 1.26. The van der Waals surface area contributed by atoms with E-state index in [2.05, 4.69) is 129 Å². The van der Waals surface area contributed by atoms with Gasteiger partial charge in [-0.1, -0.05) is 170 Å². The molecule has 11 aromatic rings. The SMILES string of the molecule is N#Cc1cccc(N2c3nc4c(nc3N(c3cccc(C#N)c3)C2(c2ccccc2)c2cccc3ccccc23)N(c2cccc(C#N)c2)C(c2ccccc2)(c2cccc3ccccc23)N4c2cccc(C#N)c2)c1. The average Bonchev–Trinajstić information content (AvgIpc) is 4.07. The molecule has 10 heteroatoms. The van der Waals surface area contributed by atoms with E-state index in [4.69, 9.17) is 9.97 Å². The first kappa shape index (κ1) is 44.9. The number of nitriles is 4. The van der Waals surface area contributed by atoms with Gasteiger partial charge in [0.15, 0.2) is 34.6 Å². The van der Waals surface area contributed by atoms with Gasteiger partial charge in [-0.25, -0.2) is 9.97 Å². The van der Waals surface area contributed by atoms with Gasteiger partial charge >= 0.3 is 0 Å². The van der Waals surface area contributed by atoms with Crippen molar-refractivity contribution in [2.45, 2.75) is 11.3 Å². The van der Waals surface area contributed by atoms with E-state index in [0.29, 0.717) is 68.3 Å². The van der Waals surface area contributed by atoms with Crippen LogP contribution in [0.15, 0.2) is 243 Å². The number of aromatic nitrogens is 2.